The molecule has 0 amide bonds. The number of rotatable bonds is 2. The highest BCUT2D eigenvalue weighted by Crippen LogP contribution is 2.27. The molecular formula is C14H10ClN3. The third-order valence-electron chi connectivity index (χ3n) is 2.68. The lowest BCUT2D eigenvalue weighted by molar-refractivity contribution is 1.29. The largest absolute Gasteiger partial charge is 0.338 e. The molecule has 0 unspecified atom stereocenters. The molecule has 3 rings (SSSR count). The maximum absolute atomic E-state index is 6.14. The monoisotopic (exact) mass is 255 g/mol. The average molecular weight is 256 g/mol. The Bertz CT molecular complexity index is 662. The lowest BCUT2D eigenvalue weighted by Crippen LogP contribution is -1.82. The Morgan fingerprint density at radius 3 is 2.67 bits per heavy atom. The van der Waals surface area contributed by atoms with E-state index in [-0.39, 0.29) is 0 Å². The number of nitrogens with one attached hydrogen (secondary N) is 1. The molecule has 3 aromatic rings. The summed E-state index contributed by atoms with van der Waals surface area (Å²) in [6, 6.07) is 11.5. The number of H-pyrrole nitrogens is 1. The standard InChI is InChI=1S/C14H10ClN3/c15-12-6-2-1-5-11(12)14-17-9-13(18-14)10-4-3-7-16-8-10/h1-9H,(H,17,18). The number of hydrogen-bond acceptors (Lipinski definition) is 2. The first-order chi connectivity index (χ1) is 8.84. The molecular weight excluding hydrogens is 246 g/mol. The number of halogens is 1. The van der Waals surface area contributed by atoms with E-state index >= 15 is 0 Å². The van der Waals surface area contributed by atoms with Gasteiger partial charge >= 0.3 is 0 Å². The minimum atomic E-state index is 0.685. The van der Waals surface area contributed by atoms with Crippen LogP contribution in [0.3, 0.4) is 0 Å². The Balaban J connectivity index is 2.03. The zero-order valence-electron chi connectivity index (χ0n) is 9.47. The molecule has 0 aliphatic rings. The first kappa shape index (κ1) is 11.0. The fourth-order valence-corrected chi connectivity index (χ4v) is 2.01. The summed E-state index contributed by atoms with van der Waals surface area (Å²) in [7, 11) is 0. The van der Waals surface area contributed by atoms with E-state index in [1.54, 1.807) is 18.6 Å². The summed E-state index contributed by atoms with van der Waals surface area (Å²) in [5.74, 6) is 0.763. The summed E-state index contributed by atoms with van der Waals surface area (Å²) in [6.07, 6.45) is 5.33. The maximum Gasteiger partial charge on any atom is 0.139 e. The Morgan fingerprint density at radius 1 is 1.00 bits per heavy atom. The molecule has 2 aromatic heterocycles. The van der Waals surface area contributed by atoms with E-state index in [0.717, 1.165) is 22.6 Å². The molecule has 3 nitrogen and oxygen atoms in total. The van der Waals surface area contributed by atoms with Crippen LogP contribution in [0.25, 0.3) is 22.6 Å². The predicted octanol–water partition coefficient (Wildman–Crippen LogP) is 3.79. The molecule has 0 saturated carbocycles. The zero-order chi connectivity index (χ0) is 12.4. The minimum absolute atomic E-state index is 0.685. The van der Waals surface area contributed by atoms with Crippen LogP contribution >= 0.6 is 11.6 Å². The van der Waals surface area contributed by atoms with Crippen LogP contribution in [-0.4, -0.2) is 15.0 Å². The van der Waals surface area contributed by atoms with E-state index < -0.39 is 0 Å². The lowest BCUT2D eigenvalue weighted by Gasteiger charge is -1.99. The van der Waals surface area contributed by atoms with Crippen LogP contribution in [0.5, 0.6) is 0 Å². The van der Waals surface area contributed by atoms with Gasteiger partial charge in [0.1, 0.15) is 5.82 Å². The predicted molar refractivity (Wildman–Crippen MR) is 72.3 cm³/mol. The van der Waals surface area contributed by atoms with E-state index in [4.69, 9.17) is 11.6 Å². The molecule has 0 radical (unpaired) electrons. The summed E-state index contributed by atoms with van der Waals surface area (Å²) in [6.45, 7) is 0. The topological polar surface area (TPSA) is 41.6 Å². The Kier molecular flexibility index (Phi) is 2.82. The number of benzene rings is 1. The van der Waals surface area contributed by atoms with E-state index in [1.165, 1.54) is 0 Å². The van der Waals surface area contributed by atoms with Crippen molar-refractivity contribution in [1.82, 2.24) is 15.0 Å². The SMILES string of the molecule is Clc1ccccc1-c1ncc(-c2cccnc2)[nH]1. The van der Waals surface area contributed by atoms with Gasteiger partial charge in [-0.15, -0.1) is 0 Å². The summed E-state index contributed by atoms with van der Waals surface area (Å²) in [5.41, 5.74) is 2.83. The molecule has 1 N–H and O–H groups in total. The number of hydrogen-bond donors (Lipinski definition) is 1. The van der Waals surface area contributed by atoms with Crippen molar-refractivity contribution in [3.8, 4) is 22.6 Å². The van der Waals surface area contributed by atoms with Crippen LogP contribution in [0.4, 0.5) is 0 Å². The smallest absolute Gasteiger partial charge is 0.139 e. The highest BCUT2D eigenvalue weighted by molar-refractivity contribution is 6.33. The van der Waals surface area contributed by atoms with Gasteiger partial charge in [0.15, 0.2) is 0 Å². The number of imidazole rings is 1. The summed E-state index contributed by atoms with van der Waals surface area (Å²) in [5, 5.41) is 0.685. The van der Waals surface area contributed by atoms with Crippen molar-refractivity contribution in [2.45, 2.75) is 0 Å². The number of nitrogens with zero attached hydrogens (tertiary/aromatic N) is 2. The normalized spacial score (nSPS) is 10.5. The number of pyridine rings is 1. The minimum Gasteiger partial charge on any atom is -0.338 e. The van der Waals surface area contributed by atoms with Crippen molar-refractivity contribution >= 4 is 11.6 Å². The van der Waals surface area contributed by atoms with Gasteiger partial charge in [0.25, 0.3) is 0 Å². The van der Waals surface area contributed by atoms with Gasteiger partial charge in [0.2, 0.25) is 0 Å². The van der Waals surface area contributed by atoms with Gasteiger partial charge in [-0.25, -0.2) is 4.98 Å². The Morgan fingerprint density at radius 2 is 1.89 bits per heavy atom. The fourth-order valence-electron chi connectivity index (χ4n) is 1.78. The summed E-state index contributed by atoms with van der Waals surface area (Å²) in [4.78, 5) is 11.7. The van der Waals surface area contributed by atoms with Crippen molar-refractivity contribution in [2.75, 3.05) is 0 Å². The molecule has 2 heterocycles. The highest BCUT2D eigenvalue weighted by atomic mass is 35.5. The Labute approximate surface area is 109 Å². The van der Waals surface area contributed by atoms with Crippen molar-refractivity contribution in [3.63, 3.8) is 0 Å². The van der Waals surface area contributed by atoms with E-state index in [2.05, 4.69) is 15.0 Å². The maximum atomic E-state index is 6.14. The van der Waals surface area contributed by atoms with Gasteiger partial charge in [0, 0.05) is 23.5 Å². The highest BCUT2D eigenvalue weighted by Gasteiger charge is 2.07. The van der Waals surface area contributed by atoms with Gasteiger partial charge < -0.3 is 4.98 Å². The molecule has 0 spiro atoms. The first-order valence-corrected chi connectivity index (χ1v) is 5.93. The molecule has 4 heteroatoms. The van der Waals surface area contributed by atoms with Gasteiger partial charge in [-0.2, -0.15) is 0 Å². The van der Waals surface area contributed by atoms with Crippen LogP contribution in [0.1, 0.15) is 0 Å². The summed E-state index contributed by atoms with van der Waals surface area (Å²) >= 11 is 6.14. The van der Waals surface area contributed by atoms with Crippen LogP contribution in [0.15, 0.2) is 55.0 Å². The van der Waals surface area contributed by atoms with Crippen molar-refractivity contribution in [3.05, 3.63) is 60.0 Å². The van der Waals surface area contributed by atoms with E-state index in [0.29, 0.717) is 5.02 Å². The molecule has 0 aliphatic heterocycles. The zero-order valence-corrected chi connectivity index (χ0v) is 10.2. The summed E-state index contributed by atoms with van der Waals surface area (Å²) < 4.78 is 0. The van der Waals surface area contributed by atoms with Crippen LogP contribution in [0, 0.1) is 0 Å². The quantitative estimate of drug-likeness (QED) is 0.757. The molecule has 0 atom stereocenters. The third kappa shape index (κ3) is 2.00. The first-order valence-electron chi connectivity index (χ1n) is 5.55. The van der Waals surface area contributed by atoms with Gasteiger partial charge in [-0.3, -0.25) is 4.98 Å². The van der Waals surface area contributed by atoms with E-state index in [1.807, 2.05) is 36.4 Å². The third-order valence-corrected chi connectivity index (χ3v) is 3.01. The van der Waals surface area contributed by atoms with Crippen LogP contribution in [-0.2, 0) is 0 Å². The number of aromatic amines is 1. The molecule has 0 aliphatic carbocycles. The van der Waals surface area contributed by atoms with Crippen LogP contribution < -0.4 is 0 Å². The van der Waals surface area contributed by atoms with Crippen molar-refractivity contribution in [1.29, 1.82) is 0 Å². The molecule has 0 saturated heterocycles. The van der Waals surface area contributed by atoms with Gasteiger partial charge in [-0.1, -0.05) is 23.7 Å². The second kappa shape index (κ2) is 4.63. The number of aromatic nitrogens is 3. The fraction of sp³-hybridized carbons (Fsp3) is 0. The lowest BCUT2D eigenvalue weighted by atomic mass is 10.2. The van der Waals surface area contributed by atoms with Gasteiger partial charge in [0.05, 0.1) is 16.9 Å². The molecule has 0 bridgehead atoms. The van der Waals surface area contributed by atoms with Crippen molar-refractivity contribution < 1.29 is 0 Å². The van der Waals surface area contributed by atoms with Crippen molar-refractivity contribution in [2.24, 2.45) is 0 Å². The van der Waals surface area contributed by atoms with E-state index in [9.17, 15) is 0 Å². The Hall–Kier alpha value is -2.13. The van der Waals surface area contributed by atoms with Gasteiger partial charge in [-0.05, 0) is 24.3 Å². The average Bonchev–Trinajstić information content (AvgIpc) is 2.90. The molecule has 18 heavy (non-hydrogen) atoms. The molecule has 0 fully saturated rings. The second-order valence-electron chi connectivity index (χ2n) is 3.87. The van der Waals surface area contributed by atoms with Crippen LogP contribution in [0.2, 0.25) is 5.02 Å². The molecule has 1 aromatic carbocycles. The second-order valence-corrected chi connectivity index (χ2v) is 4.27. The molecule has 88 valence electrons.